The van der Waals surface area contributed by atoms with Crippen LogP contribution in [0.5, 0.6) is 5.75 Å². The molecule has 166 valence electrons. The van der Waals surface area contributed by atoms with Crippen LogP contribution in [0, 0.1) is 0 Å². The number of carbonyl (C=O) groups excluding carboxylic acids is 1. The first-order valence-electron chi connectivity index (χ1n) is 11.5. The summed E-state index contributed by atoms with van der Waals surface area (Å²) in [5.74, 6) is 0.954. The molecule has 2 aromatic carbocycles. The number of hydrogen-bond acceptors (Lipinski definition) is 4. The van der Waals surface area contributed by atoms with Crippen molar-refractivity contribution in [3.8, 4) is 11.4 Å². The molecule has 0 bridgehead atoms. The summed E-state index contributed by atoms with van der Waals surface area (Å²) in [6.45, 7) is 2.04. The predicted molar refractivity (Wildman–Crippen MR) is 122 cm³/mol. The van der Waals surface area contributed by atoms with Gasteiger partial charge < -0.3 is 18.9 Å². The number of carbonyl (C=O) groups is 1. The first kappa shape index (κ1) is 20.8. The smallest absolute Gasteiger partial charge is 0.254 e. The zero-order chi connectivity index (χ0) is 21.8. The molecule has 0 N–H and O–H groups in total. The van der Waals surface area contributed by atoms with Crippen molar-refractivity contribution in [2.24, 2.45) is 0 Å². The van der Waals surface area contributed by atoms with E-state index in [4.69, 9.17) is 9.47 Å². The molecule has 32 heavy (non-hydrogen) atoms. The van der Waals surface area contributed by atoms with Crippen LogP contribution in [-0.4, -0.2) is 45.7 Å². The maximum Gasteiger partial charge on any atom is 0.254 e. The number of hydrogen-bond donors (Lipinski definition) is 0. The van der Waals surface area contributed by atoms with Crippen molar-refractivity contribution in [3.63, 3.8) is 0 Å². The quantitative estimate of drug-likeness (QED) is 0.548. The van der Waals surface area contributed by atoms with Gasteiger partial charge in [-0.05, 0) is 54.8 Å². The molecular formula is C26H29N3O3. The van der Waals surface area contributed by atoms with Crippen molar-refractivity contribution in [1.82, 2.24) is 14.5 Å². The Morgan fingerprint density at radius 2 is 1.84 bits per heavy atom. The molecule has 0 spiro atoms. The minimum Gasteiger partial charge on any atom is -0.488 e. The normalized spacial score (nSPS) is 18.7. The Labute approximate surface area is 188 Å². The van der Waals surface area contributed by atoms with E-state index in [-0.39, 0.29) is 12.0 Å². The molecule has 2 fully saturated rings. The Kier molecular flexibility index (Phi) is 6.21. The molecule has 1 aromatic heterocycles. The number of amides is 1. The van der Waals surface area contributed by atoms with Gasteiger partial charge in [0.15, 0.2) is 0 Å². The Hall–Kier alpha value is -3.12. The highest BCUT2D eigenvalue weighted by Gasteiger charge is 2.27. The average Bonchev–Trinajstić information content (AvgIpc) is 3.62. The van der Waals surface area contributed by atoms with Crippen molar-refractivity contribution < 1.29 is 14.3 Å². The monoisotopic (exact) mass is 431 g/mol. The van der Waals surface area contributed by atoms with Gasteiger partial charge >= 0.3 is 0 Å². The van der Waals surface area contributed by atoms with Crippen LogP contribution in [0.3, 0.4) is 0 Å². The van der Waals surface area contributed by atoms with E-state index in [2.05, 4.69) is 22.0 Å². The molecule has 1 aliphatic carbocycles. The Morgan fingerprint density at radius 1 is 1.06 bits per heavy atom. The molecule has 5 rings (SSSR count). The van der Waals surface area contributed by atoms with Crippen LogP contribution in [0.2, 0.25) is 0 Å². The lowest BCUT2D eigenvalue weighted by Crippen LogP contribution is -2.38. The van der Waals surface area contributed by atoms with Crippen LogP contribution < -0.4 is 4.74 Å². The predicted octanol–water partition coefficient (Wildman–Crippen LogP) is 4.63. The Balaban J connectivity index is 1.30. The van der Waals surface area contributed by atoms with Crippen LogP contribution in [-0.2, 0) is 11.3 Å². The number of benzene rings is 2. The van der Waals surface area contributed by atoms with E-state index in [1.54, 1.807) is 12.5 Å². The minimum atomic E-state index is 0.0949. The van der Waals surface area contributed by atoms with Crippen molar-refractivity contribution >= 4 is 5.91 Å². The van der Waals surface area contributed by atoms with Gasteiger partial charge in [-0.2, -0.15) is 0 Å². The van der Waals surface area contributed by atoms with Gasteiger partial charge in [0.2, 0.25) is 0 Å². The van der Waals surface area contributed by atoms with Gasteiger partial charge in [0.25, 0.3) is 5.91 Å². The lowest BCUT2D eigenvalue weighted by molar-refractivity contribution is 0.0664. The second-order valence-corrected chi connectivity index (χ2v) is 8.64. The fraction of sp³-hybridized carbons (Fsp3) is 0.385. The van der Waals surface area contributed by atoms with Crippen molar-refractivity contribution in [2.75, 3.05) is 13.2 Å². The van der Waals surface area contributed by atoms with Crippen LogP contribution in [0.1, 0.15) is 48.0 Å². The van der Waals surface area contributed by atoms with E-state index in [0.717, 1.165) is 48.4 Å². The van der Waals surface area contributed by atoms with Crippen LogP contribution in [0.4, 0.5) is 0 Å². The number of aromatic nitrogens is 2. The fourth-order valence-electron chi connectivity index (χ4n) is 4.60. The summed E-state index contributed by atoms with van der Waals surface area (Å²) in [6, 6.07) is 16.2. The van der Waals surface area contributed by atoms with Crippen molar-refractivity contribution in [3.05, 3.63) is 78.4 Å². The summed E-state index contributed by atoms with van der Waals surface area (Å²) in [6.07, 6.45) is 11.0. The number of ether oxygens (including phenoxy) is 2. The molecule has 0 radical (unpaired) electrons. The number of rotatable bonds is 7. The SMILES string of the molecule is O=C(c1ccc(-n2ccnc2)cc1)N(Cc1ccc(O[C@H]2CCOC2)cc1)C1CCCC1. The summed E-state index contributed by atoms with van der Waals surface area (Å²) >= 11 is 0. The van der Waals surface area contributed by atoms with Gasteiger partial charge in [0.05, 0.1) is 19.5 Å². The number of imidazole rings is 1. The highest BCUT2D eigenvalue weighted by molar-refractivity contribution is 5.94. The minimum absolute atomic E-state index is 0.0949. The molecule has 1 amide bonds. The lowest BCUT2D eigenvalue weighted by atomic mass is 10.1. The molecule has 2 heterocycles. The van der Waals surface area contributed by atoms with Crippen LogP contribution >= 0.6 is 0 Å². The van der Waals surface area contributed by atoms with Gasteiger partial charge in [-0.3, -0.25) is 4.79 Å². The molecule has 0 unspecified atom stereocenters. The molecular weight excluding hydrogens is 402 g/mol. The zero-order valence-electron chi connectivity index (χ0n) is 18.2. The second kappa shape index (κ2) is 9.57. The maximum atomic E-state index is 13.5. The lowest BCUT2D eigenvalue weighted by Gasteiger charge is -2.29. The van der Waals surface area contributed by atoms with Crippen molar-refractivity contribution in [1.29, 1.82) is 0 Å². The molecule has 1 saturated heterocycles. The van der Waals surface area contributed by atoms with E-state index in [0.29, 0.717) is 19.2 Å². The molecule has 1 atom stereocenters. The standard InChI is InChI=1S/C26H29N3O3/c30-26(21-7-9-22(10-8-21)28-15-14-27-19-28)29(23-3-1-2-4-23)17-20-5-11-24(12-6-20)32-25-13-16-31-18-25/h5-12,14-15,19,23,25H,1-4,13,16-18H2/t25-/m0/s1. The molecule has 6 heteroatoms. The van der Waals surface area contributed by atoms with E-state index >= 15 is 0 Å². The van der Waals surface area contributed by atoms with Crippen LogP contribution in [0.25, 0.3) is 5.69 Å². The van der Waals surface area contributed by atoms with Gasteiger partial charge in [0, 0.05) is 42.7 Å². The topological polar surface area (TPSA) is 56.6 Å². The third kappa shape index (κ3) is 4.70. The average molecular weight is 432 g/mol. The van der Waals surface area contributed by atoms with Crippen molar-refractivity contribution in [2.45, 2.75) is 50.8 Å². The summed E-state index contributed by atoms with van der Waals surface area (Å²) in [4.78, 5) is 19.6. The molecule has 6 nitrogen and oxygen atoms in total. The zero-order valence-corrected chi connectivity index (χ0v) is 18.2. The summed E-state index contributed by atoms with van der Waals surface area (Å²) in [5.41, 5.74) is 2.84. The third-order valence-corrected chi connectivity index (χ3v) is 6.41. The van der Waals surface area contributed by atoms with Gasteiger partial charge in [0.1, 0.15) is 11.9 Å². The van der Waals surface area contributed by atoms with E-state index < -0.39 is 0 Å². The largest absolute Gasteiger partial charge is 0.488 e. The third-order valence-electron chi connectivity index (χ3n) is 6.41. The van der Waals surface area contributed by atoms with Crippen LogP contribution in [0.15, 0.2) is 67.3 Å². The van der Waals surface area contributed by atoms with E-state index in [1.165, 1.54) is 12.8 Å². The molecule has 1 saturated carbocycles. The summed E-state index contributed by atoms with van der Waals surface area (Å²) in [5, 5.41) is 0. The summed E-state index contributed by atoms with van der Waals surface area (Å²) < 4.78 is 13.3. The summed E-state index contributed by atoms with van der Waals surface area (Å²) in [7, 11) is 0. The van der Waals surface area contributed by atoms with Gasteiger partial charge in [-0.1, -0.05) is 25.0 Å². The molecule has 3 aromatic rings. The van der Waals surface area contributed by atoms with E-state index in [1.807, 2.05) is 47.2 Å². The van der Waals surface area contributed by atoms with Gasteiger partial charge in [-0.15, -0.1) is 0 Å². The Morgan fingerprint density at radius 3 is 2.50 bits per heavy atom. The van der Waals surface area contributed by atoms with E-state index in [9.17, 15) is 4.79 Å². The first-order chi connectivity index (χ1) is 15.8. The Bertz CT molecular complexity index is 1000. The highest BCUT2D eigenvalue weighted by atomic mass is 16.5. The molecule has 2 aliphatic rings. The maximum absolute atomic E-state index is 13.5. The number of nitrogens with zero attached hydrogens (tertiary/aromatic N) is 3. The fourth-order valence-corrected chi connectivity index (χ4v) is 4.60. The highest BCUT2D eigenvalue weighted by Crippen LogP contribution is 2.27. The van der Waals surface area contributed by atoms with Gasteiger partial charge in [-0.25, -0.2) is 4.98 Å². The second-order valence-electron chi connectivity index (χ2n) is 8.64. The first-order valence-corrected chi connectivity index (χ1v) is 11.5. The molecule has 1 aliphatic heterocycles.